The monoisotopic (exact) mass is 694 g/mol. The standard InChI is InChI=1S/C38H38N12O2/c1-43-33(39)23-3-11-27(12-4-23)45-35(41)25-7-15-29(16-8-25)47-37(51)49-31-19-21-32(22-20-31)50-38(52)48-30-17-9-26(10-18-30)36(42)46-28-13-5-24(6-14-28)34(40)44-2/h3-22H,1-2H3,(H2,39,43)(H2,40,44)(H2,41,45)(H2,42,46)(H2,47,49,51)(H2,48,50,52). The molecule has 14 nitrogen and oxygen atoms in total. The first-order valence-corrected chi connectivity index (χ1v) is 15.9. The third-order valence-corrected chi connectivity index (χ3v) is 7.58. The summed E-state index contributed by atoms with van der Waals surface area (Å²) in [4.78, 5) is 42.1. The van der Waals surface area contributed by atoms with Gasteiger partial charge in [-0.1, -0.05) is 0 Å². The Bertz CT molecular complexity index is 1980. The van der Waals surface area contributed by atoms with Crippen molar-refractivity contribution in [3.8, 4) is 0 Å². The van der Waals surface area contributed by atoms with Crippen LogP contribution in [-0.4, -0.2) is 49.5 Å². The van der Waals surface area contributed by atoms with E-state index in [4.69, 9.17) is 22.9 Å². The topological polar surface area (TPSA) is 236 Å². The third kappa shape index (κ3) is 9.79. The van der Waals surface area contributed by atoms with Gasteiger partial charge in [-0.25, -0.2) is 19.6 Å². The molecule has 0 atom stereocenters. The number of amidine groups is 4. The Balaban J connectivity index is 1.08. The molecule has 0 unspecified atom stereocenters. The molecule has 0 aromatic heterocycles. The summed E-state index contributed by atoms with van der Waals surface area (Å²) in [5.74, 6) is 1.52. The van der Waals surface area contributed by atoms with Gasteiger partial charge in [0.05, 0.1) is 11.4 Å². The fourth-order valence-corrected chi connectivity index (χ4v) is 4.75. The molecule has 12 N–H and O–H groups in total. The van der Waals surface area contributed by atoms with Crippen LogP contribution in [0.2, 0.25) is 0 Å². The molecule has 5 aromatic rings. The zero-order chi connectivity index (χ0) is 37.0. The Labute approximate surface area is 300 Å². The van der Waals surface area contributed by atoms with Gasteiger partial charge in [0.2, 0.25) is 0 Å². The van der Waals surface area contributed by atoms with E-state index < -0.39 is 12.1 Å². The average molecular weight is 695 g/mol. The maximum absolute atomic E-state index is 12.6. The van der Waals surface area contributed by atoms with Crippen LogP contribution in [0.1, 0.15) is 22.3 Å². The number of hydrogen-bond acceptors (Lipinski definition) is 6. The maximum Gasteiger partial charge on any atom is 0.323 e. The van der Waals surface area contributed by atoms with Crippen molar-refractivity contribution in [2.75, 3.05) is 35.4 Å². The molecule has 5 aromatic carbocycles. The van der Waals surface area contributed by atoms with E-state index >= 15 is 0 Å². The van der Waals surface area contributed by atoms with Crippen LogP contribution in [0.4, 0.5) is 43.7 Å². The number of nitrogens with one attached hydrogen (secondary N) is 4. The minimum absolute atomic E-state index is 0.320. The molecule has 0 bridgehead atoms. The van der Waals surface area contributed by atoms with Gasteiger partial charge in [0.25, 0.3) is 0 Å². The first kappa shape index (κ1) is 35.8. The molecule has 0 saturated carbocycles. The molecule has 0 aliphatic heterocycles. The van der Waals surface area contributed by atoms with Gasteiger partial charge in [-0.2, -0.15) is 0 Å². The Morgan fingerprint density at radius 1 is 0.385 bits per heavy atom. The van der Waals surface area contributed by atoms with Gasteiger partial charge in [0.1, 0.15) is 23.3 Å². The number of urea groups is 2. The van der Waals surface area contributed by atoms with Gasteiger partial charge in [0, 0.05) is 59.1 Å². The minimum atomic E-state index is -0.443. The van der Waals surface area contributed by atoms with Crippen molar-refractivity contribution in [2.45, 2.75) is 0 Å². The number of benzene rings is 5. The third-order valence-electron chi connectivity index (χ3n) is 7.58. The SMILES string of the molecule is CN=C(N)c1ccc(N=C(N)c2ccc(NC(=O)Nc3ccc(NC(=O)Nc4ccc(C(N)=Nc5ccc(C(N)=NC)cc5)cc4)cc3)cc2)cc1. The van der Waals surface area contributed by atoms with E-state index in [0.29, 0.717) is 68.6 Å². The van der Waals surface area contributed by atoms with Gasteiger partial charge in [-0.15, -0.1) is 0 Å². The molecule has 0 heterocycles. The fourth-order valence-electron chi connectivity index (χ4n) is 4.75. The second-order valence-corrected chi connectivity index (χ2v) is 11.2. The molecule has 0 aliphatic carbocycles. The number of carbonyl (C=O) groups is 2. The molecule has 0 aliphatic rings. The van der Waals surface area contributed by atoms with Crippen LogP contribution in [0.3, 0.4) is 0 Å². The van der Waals surface area contributed by atoms with E-state index in [-0.39, 0.29) is 0 Å². The lowest BCUT2D eigenvalue weighted by molar-refractivity contribution is 0.261. The number of carbonyl (C=O) groups excluding carboxylic acids is 2. The summed E-state index contributed by atoms with van der Waals surface area (Å²) in [7, 11) is 3.26. The van der Waals surface area contributed by atoms with Crippen LogP contribution in [0.15, 0.2) is 141 Å². The molecule has 5 rings (SSSR count). The van der Waals surface area contributed by atoms with Crippen molar-refractivity contribution in [2.24, 2.45) is 42.9 Å². The Hall–Kier alpha value is -7.48. The summed E-state index contributed by atoms with van der Waals surface area (Å²) in [6.07, 6.45) is 0. The van der Waals surface area contributed by atoms with Crippen LogP contribution in [0.5, 0.6) is 0 Å². The molecular formula is C38H38N12O2. The molecular weight excluding hydrogens is 656 g/mol. The zero-order valence-corrected chi connectivity index (χ0v) is 28.5. The Morgan fingerprint density at radius 2 is 0.615 bits per heavy atom. The van der Waals surface area contributed by atoms with E-state index in [1.807, 2.05) is 24.3 Å². The molecule has 14 heteroatoms. The maximum atomic E-state index is 12.6. The van der Waals surface area contributed by atoms with E-state index in [0.717, 1.165) is 11.1 Å². The van der Waals surface area contributed by atoms with Crippen molar-refractivity contribution < 1.29 is 9.59 Å². The summed E-state index contributed by atoms with van der Waals surface area (Å²) < 4.78 is 0. The van der Waals surface area contributed by atoms with Crippen LogP contribution >= 0.6 is 0 Å². The van der Waals surface area contributed by atoms with Crippen LogP contribution in [0.25, 0.3) is 0 Å². The van der Waals surface area contributed by atoms with Crippen molar-refractivity contribution in [3.63, 3.8) is 0 Å². The van der Waals surface area contributed by atoms with Crippen molar-refractivity contribution in [3.05, 3.63) is 144 Å². The molecule has 262 valence electrons. The second-order valence-electron chi connectivity index (χ2n) is 11.2. The number of aliphatic imine (C=N–C) groups is 4. The first-order valence-electron chi connectivity index (χ1n) is 15.9. The van der Waals surface area contributed by atoms with Crippen molar-refractivity contribution in [1.29, 1.82) is 0 Å². The van der Waals surface area contributed by atoms with Gasteiger partial charge < -0.3 is 44.2 Å². The molecule has 52 heavy (non-hydrogen) atoms. The minimum Gasteiger partial charge on any atom is -0.384 e. The molecule has 4 amide bonds. The Morgan fingerprint density at radius 3 is 0.885 bits per heavy atom. The summed E-state index contributed by atoms with van der Waals surface area (Å²) in [6, 6.07) is 34.2. The van der Waals surface area contributed by atoms with Crippen molar-refractivity contribution in [1.82, 2.24) is 0 Å². The lowest BCUT2D eigenvalue weighted by Gasteiger charge is -2.11. The summed E-state index contributed by atoms with van der Waals surface area (Å²) in [5.41, 5.74) is 30.5. The molecule has 0 radical (unpaired) electrons. The van der Waals surface area contributed by atoms with Gasteiger partial charge in [-0.05, 0) is 121 Å². The number of nitrogens with two attached hydrogens (primary N) is 4. The number of hydrogen-bond donors (Lipinski definition) is 8. The predicted molar refractivity (Wildman–Crippen MR) is 212 cm³/mol. The van der Waals surface area contributed by atoms with Crippen LogP contribution < -0.4 is 44.2 Å². The van der Waals surface area contributed by atoms with Gasteiger partial charge in [0.15, 0.2) is 0 Å². The highest BCUT2D eigenvalue weighted by molar-refractivity contribution is 6.04. The average Bonchev–Trinajstić information content (AvgIpc) is 3.16. The van der Waals surface area contributed by atoms with E-state index in [9.17, 15) is 9.59 Å². The molecule has 0 saturated heterocycles. The summed E-state index contributed by atoms with van der Waals surface area (Å²) in [6.45, 7) is 0. The number of rotatable bonds is 10. The lowest BCUT2D eigenvalue weighted by Crippen LogP contribution is -2.20. The summed E-state index contributed by atoms with van der Waals surface area (Å²) in [5, 5.41) is 11.1. The van der Waals surface area contributed by atoms with E-state index in [1.54, 1.807) is 111 Å². The quantitative estimate of drug-likeness (QED) is 0.0672. The van der Waals surface area contributed by atoms with Gasteiger partial charge >= 0.3 is 12.1 Å². The Kier molecular flexibility index (Phi) is 11.5. The first-order chi connectivity index (χ1) is 25.1. The zero-order valence-electron chi connectivity index (χ0n) is 28.5. The van der Waals surface area contributed by atoms with E-state index in [1.165, 1.54) is 0 Å². The largest absolute Gasteiger partial charge is 0.384 e. The highest BCUT2D eigenvalue weighted by Crippen LogP contribution is 2.19. The molecule has 0 fully saturated rings. The second kappa shape index (κ2) is 16.8. The number of anilines is 4. The highest BCUT2D eigenvalue weighted by atomic mass is 16.2. The van der Waals surface area contributed by atoms with E-state index in [2.05, 4.69) is 41.2 Å². The normalized spacial score (nSPS) is 12.2. The highest BCUT2D eigenvalue weighted by Gasteiger charge is 2.08. The van der Waals surface area contributed by atoms with Crippen LogP contribution in [-0.2, 0) is 0 Å². The number of amides is 4. The van der Waals surface area contributed by atoms with Crippen LogP contribution in [0, 0.1) is 0 Å². The van der Waals surface area contributed by atoms with Crippen molar-refractivity contribution >= 4 is 69.5 Å². The number of nitrogens with zero attached hydrogens (tertiary/aromatic N) is 4. The predicted octanol–water partition coefficient (Wildman–Crippen LogP) is 5.72. The van der Waals surface area contributed by atoms with Gasteiger partial charge in [-0.3, -0.25) is 9.98 Å². The molecule has 0 spiro atoms. The smallest absolute Gasteiger partial charge is 0.323 e. The fraction of sp³-hybridized carbons (Fsp3) is 0.0526. The summed E-state index contributed by atoms with van der Waals surface area (Å²) >= 11 is 0. The lowest BCUT2D eigenvalue weighted by atomic mass is 10.1.